The summed E-state index contributed by atoms with van der Waals surface area (Å²) in [6.07, 6.45) is 11.1. The van der Waals surface area contributed by atoms with Gasteiger partial charge in [-0.3, -0.25) is 5.32 Å². The number of carboxylic acid groups (broad SMARTS) is 1. The fourth-order valence-corrected chi connectivity index (χ4v) is 3.22. The van der Waals surface area contributed by atoms with Crippen molar-refractivity contribution in [2.45, 2.75) is 90.9 Å². The molecule has 0 atom stereocenters. The zero-order valence-corrected chi connectivity index (χ0v) is 20.0. The van der Waals surface area contributed by atoms with Gasteiger partial charge in [-0.1, -0.05) is 78.1 Å². The van der Waals surface area contributed by atoms with Crippen LogP contribution in [0.1, 0.15) is 101 Å². The van der Waals surface area contributed by atoms with Crippen molar-refractivity contribution in [3.63, 3.8) is 0 Å². The summed E-state index contributed by atoms with van der Waals surface area (Å²) in [5.74, 6) is -1.46. The maximum Gasteiger partial charge on any atom is 0.513 e. The van der Waals surface area contributed by atoms with Gasteiger partial charge in [-0.2, -0.15) is 0 Å². The minimum absolute atomic E-state index is 0.204. The predicted octanol–water partition coefficient (Wildman–Crippen LogP) is 7.17. The third-order valence-electron chi connectivity index (χ3n) is 5.10. The van der Waals surface area contributed by atoms with E-state index in [2.05, 4.69) is 19.2 Å². The molecule has 0 aliphatic rings. The molecule has 0 heterocycles. The molecule has 1 amide bonds. The summed E-state index contributed by atoms with van der Waals surface area (Å²) in [7, 11) is 0. The van der Waals surface area contributed by atoms with Crippen LogP contribution in [0.25, 0.3) is 0 Å². The molecule has 8 nitrogen and oxygen atoms in total. The summed E-state index contributed by atoms with van der Waals surface area (Å²) in [6, 6.07) is 3.92. The van der Waals surface area contributed by atoms with Gasteiger partial charge >= 0.3 is 18.2 Å². The fraction of sp³-hybridized carbons (Fsp3) is 0.640. The van der Waals surface area contributed by atoms with Crippen molar-refractivity contribution in [1.82, 2.24) is 0 Å². The van der Waals surface area contributed by atoms with E-state index in [0.29, 0.717) is 6.61 Å². The highest BCUT2D eigenvalue weighted by atomic mass is 16.7. The Bertz CT molecular complexity index is 721. The molecule has 0 bridgehead atoms. The van der Waals surface area contributed by atoms with Crippen LogP contribution in [0.4, 0.5) is 15.3 Å². The number of carbonyl (C=O) groups excluding carboxylic acids is 2. The van der Waals surface area contributed by atoms with Crippen LogP contribution in [0, 0.1) is 0 Å². The number of hydrogen-bond donors (Lipinski definition) is 2. The summed E-state index contributed by atoms with van der Waals surface area (Å²) in [4.78, 5) is 35.4. The highest BCUT2D eigenvalue weighted by Crippen LogP contribution is 2.24. The number of amides is 1. The normalized spacial score (nSPS) is 10.5. The van der Waals surface area contributed by atoms with Crippen molar-refractivity contribution in [1.29, 1.82) is 0 Å². The summed E-state index contributed by atoms with van der Waals surface area (Å²) in [5.41, 5.74) is 0.0455. The van der Waals surface area contributed by atoms with Gasteiger partial charge in [0.15, 0.2) is 5.75 Å². The molecule has 33 heavy (non-hydrogen) atoms. The van der Waals surface area contributed by atoms with Crippen LogP contribution in [0.5, 0.6) is 5.75 Å². The molecule has 1 aromatic carbocycles. The maximum absolute atomic E-state index is 12.0. The van der Waals surface area contributed by atoms with E-state index in [1.54, 1.807) is 0 Å². The van der Waals surface area contributed by atoms with Crippen molar-refractivity contribution in [3.05, 3.63) is 23.8 Å². The van der Waals surface area contributed by atoms with Gasteiger partial charge in [0.05, 0.1) is 13.2 Å². The Morgan fingerprint density at radius 1 is 0.788 bits per heavy atom. The third-order valence-corrected chi connectivity index (χ3v) is 5.10. The molecule has 0 spiro atoms. The summed E-state index contributed by atoms with van der Waals surface area (Å²) in [5, 5.41) is 11.9. The summed E-state index contributed by atoms with van der Waals surface area (Å²) >= 11 is 0. The van der Waals surface area contributed by atoms with Gasteiger partial charge in [0.1, 0.15) is 5.56 Å². The summed E-state index contributed by atoms with van der Waals surface area (Å²) < 4.78 is 15.3. The number of ether oxygens (including phenoxy) is 3. The Morgan fingerprint density at radius 2 is 1.33 bits per heavy atom. The smallest absolute Gasteiger partial charge is 0.478 e. The van der Waals surface area contributed by atoms with E-state index < -0.39 is 18.2 Å². The lowest BCUT2D eigenvalue weighted by molar-refractivity contribution is 0.0689. The molecule has 1 aromatic rings. The van der Waals surface area contributed by atoms with E-state index >= 15 is 0 Å². The number of carbonyl (C=O) groups is 3. The van der Waals surface area contributed by atoms with Crippen LogP contribution in [-0.2, 0) is 9.47 Å². The van der Waals surface area contributed by atoms with E-state index in [-0.39, 0.29) is 23.6 Å². The molecule has 0 aliphatic carbocycles. The van der Waals surface area contributed by atoms with Crippen molar-refractivity contribution < 1.29 is 33.7 Å². The Labute approximate surface area is 197 Å². The first kappa shape index (κ1) is 28.3. The Hall–Kier alpha value is -2.77. The van der Waals surface area contributed by atoms with E-state index in [1.165, 1.54) is 50.3 Å². The second-order valence-corrected chi connectivity index (χ2v) is 8.01. The molecule has 0 saturated heterocycles. The molecule has 0 aromatic heterocycles. The monoisotopic (exact) mass is 465 g/mol. The third kappa shape index (κ3) is 13.4. The average Bonchev–Trinajstić information content (AvgIpc) is 2.78. The lowest BCUT2D eigenvalue weighted by atomic mass is 10.1. The lowest BCUT2D eigenvalue weighted by Crippen LogP contribution is -2.16. The van der Waals surface area contributed by atoms with E-state index in [0.717, 1.165) is 44.9 Å². The first-order valence-corrected chi connectivity index (χ1v) is 12.1. The van der Waals surface area contributed by atoms with Gasteiger partial charge in [0.2, 0.25) is 0 Å². The molecule has 186 valence electrons. The number of aromatic carboxylic acids is 1. The van der Waals surface area contributed by atoms with Gasteiger partial charge in [-0.05, 0) is 25.0 Å². The molecule has 0 radical (unpaired) electrons. The summed E-state index contributed by atoms with van der Waals surface area (Å²) in [6.45, 7) is 4.82. The minimum Gasteiger partial charge on any atom is -0.478 e. The Morgan fingerprint density at radius 3 is 1.91 bits per heavy atom. The second-order valence-electron chi connectivity index (χ2n) is 8.01. The van der Waals surface area contributed by atoms with Crippen LogP contribution in [0.15, 0.2) is 18.2 Å². The quantitative estimate of drug-likeness (QED) is 0.142. The van der Waals surface area contributed by atoms with Crippen LogP contribution >= 0.6 is 0 Å². The topological polar surface area (TPSA) is 111 Å². The molecule has 0 unspecified atom stereocenters. The zero-order chi connectivity index (χ0) is 24.3. The molecule has 2 N–H and O–H groups in total. The maximum atomic E-state index is 12.0. The van der Waals surface area contributed by atoms with E-state index in [4.69, 9.17) is 14.2 Å². The molecule has 0 saturated carbocycles. The van der Waals surface area contributed by atoms with Gasteiger partial charge in [-0.15, -0.1) is 0 Å². The highest BCUT2D eigenvalue weighted by Gasteiger charge is 2.17. The minimum atomic E-state index is -1.26. The van der Waals surface area contributed by atoms with Gasteiger partial charge in [0, 0.05) is 11.8 Å². The van der Waals surface area contributed by atoms with E-state index in [1.807, 2.05) is 0 Å². The molecular weight excluding hydrogens is 426 g/mol. The molecule has 8 heteroatoms. The Kier molecular flexibility index (Phi) is 15.2. The SMILES string of the molecule is CCCCCCCCOC(=O)Nc1ccc(C(=O)O)c(OC(=O)OCCCCCCCC)c1. The zero-order valence-electron chi connectivity index (χ0n) is 20.0. The van der Waals surface area contributed by atoms with Gasteiger partial charge < -0.3 is 19.3 Å². The van der Waals surface area contributed by atoms with Crippen molar-refractivity contribution in [3.8, 4) is 5.75 Å². The molecule has 0 fully saturated rings. The first-order valence-electron chi connectivity index (χ1n) is 12.1. The number of rotatable bonds is 17. The second kappa shape index (κ2) is 17.7. The highest BCUT2D eigenvalue weighted by molar-refractivity contribution is 5.93. The number of unbranched alkanes of at least 4 members (excludes halogenated alkanes) is 10. The van der Waals surface area contributed by atoms with Crippen molar-refractivity contribution in [2.75, 3.05) is 18.5 Å². The van der Waals surface area contributed by atoms with Crippen molar-refractivity contribution >= 4 is 23.9 Å². The van der Waals surface area contributed by atoms with Gasteiger partial charge in [-0.25, -0.2) is 14.4 Å². The molecular formula is C25H39NO7. The first-order chi connectivity index (χ1) is 16.0. The lowest BCUT2D eigenvalue weighted by Gasteiger charge is -2.11. The van der Waals surface area contributed by atoms with Crippen LogP contribution in [0.3, 0.4) is 0 Å². The number of nitrogens with one attached hydrogen (secondary N) is 1. The van der Waals surface area contributed by atoms with Crippen LogP contribution in [-0.4, -0.2) is 36.5 Å². The number of anilines is 1. The number of benzene rings is 1. The van der Waals surface area contributed by atoms with Crippen molar-refractivity contribution in [2.24, 2.45) is 0 Å². The largest absolute Gasteiger partial charge is 0.513 e. The van der Waals surface area contributed by atoms with Gasteiger partial charge in [0.25, 0.3) is 0 Å². The predicted molar refractivity (Wildman–Crippen MR) is 127 cm³/mol. The average molecular weight is 466 g/mol. The fourth-order valence-electron chi connectivity index (χ4n) is 3.22. The van der Waals surface area contributed by atoms with E-state index in [9.17, 15) is 19.5 Å². The Balaban J connectivity index is 2.47. The number of hydrogen-bond acceptors (Lipinski definition) is 6. The number of carboxylic acids is 1. The molecule has 1 rings (SSSR count). The van der Waals surface area contributed by atoms with Crippen LogP contribution in [0.2, 0.25) is 0 Å². The van der Waals surface area contributed by atoms with Crippen LogP contribution < -0.4 is 10.1 Å². The standard InChI is InChI=1S/C25H39NO7/c1-3-5-7-9-11-13-17-31-24(29)26-20-15-16-21(23(27)28)22(19-20)33-25(30)32-18-14-12-10-8-6-4-2/h15-16,19H,3-14,17-18H2,1-2H3,(H,26,29)(H,27,28). The molecule has 0 aliphatic heterocycles.